The van der Waals surface area contributed by atoms with E-state index in [1.165, 1.54) is 50.1 Å². The molecular formula is C51H42N2. The molecule has 0 saturated carbocycles. The Kier molecular flexibility index (Phi) is 9.27. The largest absolute Gasteiger partial charge is 0.310 e. The van der Waals surface area contributed by atoms with Gasteiger partial charge in [0.05, 0.1) is 0 Å². The van der Waals surface area contributed by atoms with Gasteiger partial charge in [-0.1, -0.05) is 160 Å². The number of pyridine rings is 1. The third-order valence-electron chi connectivity index (χ3n) is 9.94. The SMILES string of the molecule is CC(C)(C)c1ccc(-c2ccc(-c3ccc(N(c4ccc(-c5cccnc5)cc4)c4cc(-c5ccccc5)cc(-c5ccccc5)c4)cc3)cc2)cc1. The Morgan fingerprint density at radius 3 is 1.13 bits per heavy atom. The zero-order chi connectivity index (χ0) is 36.2. The van der Waals surface area contributed by atoms with E-state index in [2.05, 4.69) is 213 Å². The highest BCUT2D eigenvalue weighted by molar-refractivity contribution is 5.86. The monoisotopic (exact) mass is 682 g/mol. The summed E-state index contributed by atoms with van der Waals surface area (Å²) in [5.41, 5.74) is 16.5. The first-order valence-electron chi connectivity index (χ1n) is 18.3. The van der Waals surface area contributed by atoms with Gasteiger partial charge in [-0.3, -0.25) is 4.98 Å². The zero-order valence-electron chi connectivity index (χ0n) is 30.4. The molecule has 0 amide bonds. The molecule has 0 aliphatic rings. The number of benzene rings is 7. The second kappa shape index (κ2) is 14.6. The minimum Gasteiger partial charge on any atom is -0.310 e. The molecule has 0 N–H and O–H groups in total. The van der Waals surface area contributed by atoms with Crippen molar-refractivity contribution >= 4 is 17.1 Å². The molecule has 53 heavy (non-hydrogen) atoms. The van der Waals surface area contributed by atoms with Gasteiger partial charge in [-0.2, -0.15) is 0 Å². The van der Waals surface area contributed by atoms with Crippen molar-refractivity contribution in [2.75, 3.05) is 4.90 Å². The minimum absolute atomic E-state index is 0.141. The number of hydrogen-bond donors (Lipinski definition) is 0. The standard InChI is InChI=1S/C51H42N2/c1-51(2,3)47-26-20-41(21-27-47)39-16-18-40(19-17-39)42-22-28-48(29-23-42)53(49-30-24-43(25-31-49)44-15-10-32-52-36-44)50-34-45(37-11-6-4-7-12-37)33-46(35-50)38-13-8-5-9-14-38/h4-36H,1-3H3. The third kappa shape index (κ3) is 7.45. The van der Waals surface area contributed by atoms with Crippen LogP contribution in [0, 0.1) is 0 Å². The van der Waals surface area contributed by atoms with Crippen molar-refractivity contribution < 1.29 is 0 Å². The van der Waals surface area contributed by atoms with Gasteiger partial charge in [-0.05, 0) is 115 Å². The van der Waals surface area contributed by atoms with Crippen LogP contribution in [0.5, 0.6) is 0 Å². The molecule has 0 bridgehead atoms. The average molecular weight is 683 g/mol. The van der Waals surface area contributed by atoms with E-state index in [4.69, 9.17) is 0 Å². The summed E-state index contributed by atoms with van der Waals surface area (Å²) in [5, 5.41) is 0. The van der Waals surface area contributed by atoms with Gasteiger partial charge >= 0.3 is 0 Å². The lowest BCUT2D eigenvalue weighted by Gasteiger charge is -2.27. The second-order valence-electron chi connectivity index (χ2n) is 14.6. The first-order valence-corrected chi connectivity index (χ1v) is 18.3. The van der Waals surface area contributed by atoms with E-state index in [1.54, 1.807) is 0 Å². The van der Waals surface area contributed by atoms with Gasteiger partial charge in [-0.25, -0.2) is 0 Å². The van der Waals surface area contributed by atoms with Crippen molar-refractivity contribution in [1.29, 1.82) is 0 Å². The quantitative estimate of drug-likeness (QED) is 0.159. The van der Waals surface area contributed by atoms with Crippen LogP contribution in [-0.4, -0.2) is 4.98 Å². The van der Waals surface area contributed by atoms with Crippen LogP contribution in [0.2, 0.25) is 0 Å². The van der Waals surface area contributed by atoms with Crippen LogP contribution in [0.4, 0.5) is 17.1 Å². The molecule has 0 aliphatic carbocycles. The highest BCUT2D eigenvalue weighted by Gasteiger charge is 2.17. The molecule has 256 valence electrons. The van der Waals surface area contributed by atoms with E-state index in [-0.39, 0.29) is 5.41 Å². The lowest BCUT2D eigenvalue weighted by molar-refractivity contribution is 0.590. The van der Waals surface area contributed by atoms with Crippen molar-refractivity contribution in [3.8, 4) is 55.6 Å². The normalized spacial score (nSPS) is 11.3. The summed E-state index contributed by atoms with van der Waals surface area (Å²) < 4.78 is 0. The van der Waals surface area contributed by atoms with Gasteiger partial charge in [0.1, 0.15) is 0 Å². The summed E-state index contributed by atoms with van der Waals surface area (Å²) in [7, 11) is 0. The van der Waals surface area contributed by atoms with Gasteiger partial charge in [0.15, 0.2) is 0 Å². The molecule has 7 aromatic carbocycles. The van der Waals surface area contributed by atoms with E-state index in [0.717, 1.165) is 28.2 Å². The van der Waals surface area contributed by atoms with Crippen molar-refractivity contribution in [1.82, 2.24) is 4.98 Å². The Morgan fingerprint density at radius 1 is 0.340 bits per heavy atom. The van der Waals surface area contributed by atoms with Crippen LogP contribution < -0.4 is 4.90 Å². The van der Waals surface area contributed by atoms with Crippen LogP contribution in [0.25, 0.3) is 55.6 Å². The first-order chi connectivity index (χ1) is 25.9. The van der Waals surface area contributed by atoms with E-state index in [1.807, 2.05) is 18.5 Å². The average Bonchev–Trinajstić information content (AvgIpc) is 3.22. The fourth-order valence-corrected chi connectivity index (χ4v) is 6.94. The molecule has 0 fully saturated rings. The van der Waals surface area contributed by atoms with E-state index in [0.29, 0.717) is 0 Å². The molecule has 8 aromatic rings. The topological polar surface area (TPSA) is 16.1 Å². The smallest absolute Gasteiger partial charge is 0.0473 e. The highest BCUT2D eigenvalue weighted by atomic mass is 15.1. The van der Waals surface area contributed by atoms with Crippen LogP contribution in [0.1, 0.15) is 26.3 Å². The molecule has 8 rings (SSSR count). The molecular weight excluding hydrogens is 641 g/mol. The van der Waals surface area contributed by atoms with Gasteiger partial charge in [-0.15, -0.1) is 0 Å². The summed E-state index contributed by atoms with van der Waals surface area (Å²) in [6, 6.07) is 67.9. The lowest BCUT2D eigenvalue weighted by atomic mass is 9.86. The third-order valence-corrected chi connectivity index (χ3v) is 9.94. The number of hydrogen-bond acceptors (Lipinski definition) is 2. The fourth-order valence-electron chi connectivity index (χ4n) is 6.94. The van der Waals surface area contributed by atoms with Gasteiger partial charge in [0.2, 0.25) is 0 Å². The second-order valence-corrected chi connectivity index (χ2v) is 14.6. The summed E-state index contributed by atoms with van der Waals surface area (Å²) in [6.07, 6.45) is 3.73. The Balaban J connectivity index is 1.18. The van der Waals surface area contributed by atoms with E-state index < -0.39 is 0 Å². The summed E-state index contributed by atoms with van der Waals surface area (Å²) in [5.74, 6) is 0. The number of aromatic nitrogens is 1. The molecule has 0 atom stereocenters. The Hall–Kier alpha value is -6.51. The Morgan fingerprint density at radius 2 is 0.717 bits per heavy atom. The number of nitrogens with zero attached hydrogens (tertiary/aromatic N) is 2. The molecule has 2 heteroatoms. The Bertz CT molecular complexity index is 2350. The fraction of sp³-hybridized carbons (Fsp3) is 0.0784. The molecule has 2 nitrogen and oxygen atoms in total. The van der Waals surface area contributed by atoms with Gasteiger partial charge in [0.25, 0.3) is 0 Å². The molecule has 1 heterocycles. The molecule has 0 aliphatic heterocycles. The number of anilines is 3. The van der Waals surface area contributed by atoms with Gasteiger partial charge in [0, 0.05) is 29.5 Å². The van der Waals surface area contributed by atoms with E-state index >= 15 is 0 Å². The minimum atomic E-state index is 0.141. The predicted octanol–water partition coefficient (Wildman–Crippen LogP) is 14.2. The number of rotatable bonds is 8. The molecule has 0 spiro atoms. The summed E-state index contributed by atoms with van der Waals surface area (Å²) >= 11 is 0. The lowest BCUT2D eigenvalue weighted by Crippen LogP contribution is -2.10. The van der Waals surface area contributed by atoms with Crippen molar-refractivity contribution in [2.45, 2.75) is 26.2 Å². The van der Waals surface area contributed by atoms with Crippen molar-refractivity contribution in [3.05, 3.63) is 206 Å². The van der Waals surface area contributed by atoms with E-state index in [9.17, 15) is 0 Å². The summed E-state index contributed by atoms with van der Waals surface area (Å²) in [6.45, 7) is 6.76. The first kappa shape index (κ1) is 33.6. The molecule has 0 unspecified atom stereocenters. The van der Waals surface area contributed by atoms with Crippen LogP contribution in [-0.2, 0) is 5.41 Å². The van der Waals surface area contributed by atoms with Gasteiger partial charge < -0.3 is 4.90 Å². The van der Waals surface area contributed by atoms with Crippen molar-refractivity contribution in [3.63, 3.8) is 0 Å². The predicted molar refractivity (Wildman–Crippen MR) is 225 cm³/mol. The van der Waals surface area contributed by atoms with Crippen molar-refractivity contribution in [2.24, 2.45) is 0 Å². The molecule has 1 aromatic heterocycles. The summed E-state index contributed by atoms with van der Waals surface area (Å²) in [4.78, 5) is 6.71. The highest BCUT2D eigenvalue weighted by Crippen LogP contribution is 2.41. The van der Waals surface area contributed by atoms with Crippen LogP contribution >= 0.6 is 0 Å². The maximum absolute atomic E-state index is 4.34. The zero-order valence-corrected chi connectivity index (χ0v) is 30.4. The maximum Gasteiger partial charge on any atom is 0.0473 e. The molecule has 0 radical (unpaired) electrons. The molecule has 0 saturated heterocycles. The Labute approximate surface area is 313 Å². The maximum atomic E-state index is 4.34. The van der Waals surface area contributed by atoms with Crippen LogP contribution in [0.3, 0.4) is 0 Å². The van der Waals surface area contributed by atoms with Crippen LogP contribution in [0.15, 0.2) is 200 Å².